The molecular weight excluding hydrogens is 304 g/mol. The van der Waals surface area contributed by atoms with E-state index in [4.69, 9.17) is 14.6 Å². The first kappa shape index (κ1) is 15.8. The molecule has 0 spiro atoms. The highest BCUT2D eigenvalue weighted by Gasteiger charge is 2.13. The Morgan fingerprint density at radius 1 is 1.17 bits per heavy atom. The standard InChI is InChI=1S/C19H18N2O3/c1-23-16-9-5-8-14-12-15(18(20)24-17(14)16)19(22)21-11-10-13-6-3-2-4-7-13/h2-9,12,20H,10-11H2,1H3,(H,21,22). The van der Waals surface area contributed by atoms with Gasteiger partial charge < -0.3 is 14.5 Å². The van der Waals surface area contributed by atoms with E-state index in [0.29, 0.717) is 17.9 Å². The lowest BCUT2D eigenvalue weighted by atomic mass is 10.1. The van der Waals surface area contributed by atoms with E-state index in [1.165, 1.54) is 7.11 Å². The van der Waals surface area contributed by atoms with Crippen LogP contribution in [0, 0.1) is 5.41 Å². The lowest BCUT2D eigenvalue weighted by Gasteiger charge is -2.08. The maximum absolute atomic E-state index is 12.3. The molecule has 122 valence electrons. The highest BCUT2D eigenvalue weighted by atomic mass is 16.5. The quantitative estimate of drug-likeness (QED) is 0.758. The Morgan fingerprint density at radius 2 is 1.96 bits per heavy atom. The van der Waals surface area contributed by atoms with Crippen molar-refractivity contribution in [1.82, 2.24) is 5.32 Å². The van der Waals surface area contributed by atoms with Crippen LogP contribution in [0.25, 0.3) is 11.0 Å². The summed E-state index contributed by atoms with van der Waals surface area (Å²) in [5.41, 5.74) is 1.65. The minimum absolute atomic E-state index is 0.177. The van der Waals surface area contributed by atoms with E-state index in [-0.39, 0.29) is 17.0 Å². The highest BCUT2D eigenvalue weighted by Crippen LogP contribution is 2.24. The average molecular weight is 322 g/mol. The summed E-state index contributed by atoms with van der Waals surface area (Å²) in [6.07, 6.45) is 0.735. The minimum Gasteiger partial charge on any atom is -0.493 e. The van der Waals surface area contributed by atoms with Crippen molar-refractivity contribution < 1.29 is 13.9 Å². The molecule has 3 aromatic rings. The zero-order valence-corrected chi connectivity index (χ0v) is 13.3. The van der Waals surface area contributed by atoms with E-state index in [0.717, 1.165) is 17.4 Å². The Bertz CT molecular complexity index is 917. The van der Waals surface area contributed by atoms with E-state index in [2.05, 4.69) is 5.32 Å². The van der Waals surface area contributed by atoms with Gasteiger partial charge in [0.1, 0.15) is 5.56 Å². The van der Waals surface area contributed by atoms with Crippen molar-refractivity contribution in [1.29, 1.82) is 5.41 Å². The van der Waals surface area contributed by atoms with Gasteiger partial charge in [-0.1, -0.05) is 42.5 Å². The van der Waals surface area contributed by atoms with Gasteiger partial charge in [-0.3, -0.25) is 10.2 Å². The van der Waals surface area contributed by atoms with Crippen LogP contribution < -0.4 is 15.6 Å². The molecule has 0 saturated carbocycles. The normalized spacial score (nSPS) is 10.5. The van der Waals surface area contributed by atoms with Crippen LogP contribution in [0.4, 0.5) is 0 Å². The minimum atomic E-state index is -0.315. The summed E-state index contributed by atoms with van der Waals surface area (Å²) in [4.78, 5) is 12.3. The first-order chi connectivity index (χ1) is 11.7. The van der Waals surface area contributed by atoms with Gasteiger partial charge in [-0.2, -0.15) is 0 Å². The molecule has 0 unspecified atom stereocenters. The third-order valence-corrected chi connectivity index (χ3v) is 3.76. The molecule has 0 atom stereocenters. The Kier molecular flexibility index (Phi) is 4.61. The fraction of sp³-hybridized carbons (Fsp3) is 0.158. The number of benzene rings is 2. The van der Waals surface area contributed by atoms with Crippen molar-refractivity contribution >= 4 is 16.9 Å². The molecule has 0 aliphatic heterocycles. The fourth-order valence-corrected chi connectivity index (χ4v) is 2.52. The third-order valence-electron chi connectivity index (χ3n) is 3.76. The number of carbonyl (C=O) groups is 1. The van der Waals surface area contributed by atoms with Gasteiger partial charge in [0, 0.05) is 11.9 Å². The molecule has 1 amide bonds. The van der Waals surface area contributed by atoms with Crippen molar-refractivity contribution in [2.45, 2.75) is 6.42 Å². The van der Waals surface area contributed by atoms with Crippen LogP contribution in [0.5, 0.6) is 5.75 Å². The smallest absolute Gasteiger partial charge is 0.256 e. The lowest BCUT2D eigenvalue weighted by Crippen LogP contribution is -2.30. The van der Waals surface area contributed by atoms with Crippen LogP contribution >= 0.6 is 0 Å². The van der Waals surface area contributed by atoms with Gasteiger partial charge in [-0.15, -0.1) is 0 Å². The topological polar surface area (TPSA) is 75.3 Å². The van der Waals surface area contributed by atoms with Gasteiger partial charge >= 0.3 is 0 Å². The number of para-hydroxylation sites is 1. The van der Waals surface area contributed by atoms with Crippen LogP contribution in [-0.4, -0.2) is 19.6 Å². The SMILES string of the molecule is COc1cccc2cc(C(=O)NCCc3ccccc3)c(=N)oc12. The van der Waals surface area contributed by atoms with E-state index < -0.39 is 0 Å². The molecule has 0 radical (unpaired) electrons. The molecule has 5 heteroatoms. The Hall–Kier alpha value is -3.08. The predicted octanol–water partition coefficient (Wildman–Crippen LogP) is 2.89. The summed E-state index contributed by atoms with van der Waals surface area (Å²) >= 11 is 0. The Balaban J connectivity index is 1.77. The molecule has 0 fully saturated rings. The first-order valence-corrected chi connectivity index (χ1v) is 7.66. The van der Waals surface area contributed by atoms with E-state index in [1.54, 1.807) is 12.1 Å². The van der Waals surface area contributed by atoms with E-state index in [9.17, 15) is 4.79 Å². The van der Waals surface area contributed by atoms with Gasteiger partial charge in [0.05, 0.1) is 7.11 Å². The van der Waals surface area contributed by atoms with Gasteiger partial charge in [0.25, 0.3) is 5.91 Å². The maximum atomic E-state index is 12.3. The molecular formula is C19H18N2O3. The lowest BCUT2D eigenvalue weighted by molar-refractivity contribution is 0.0950. The molecule has 0 aliphatic rings. The number of fused-ring (bicyclic) bond motifs is 1. The van der Waals surface area contributed by atoms with Crippen LogP contribution in [-0.2, 0) is 6.42 Å². The molecule has 3 rings (SSSR count). The van der Waals surface area contributed by atoms with Gasteiger partial charge in [0.2, 0.25) is 5.55 Å². The van der Waals surface area contributed by atoms with E-state index in [1.807, 2.05) is 42.5 Å². The number of carbonyl (C=O) groups excluding carboxylic acids is 1. The van der Waals surface area contributed by atoms with Crippen molar-refractivity contribution in [2.75, 3.05) is 13.7 Å². The fourth-order valence-electron chi connectivity index (χ4n) is 2.52. The molecule has 0 bridgehead atoms. The second-order valence-corrected chi connectivity index (χ2v) is 5.36. The Morgan fingerprint density at radius 3 is 2.71 bits per heavy atom. The number of hydrogen-bond acceptors (Lipinski definition) is 4. The molecule has 2 N–H and O–H groups in total. The Labute approximate surface area is 139 Å². The van der Waals surface area contributed by atoms with Crippen molar-refractivity contribution in [3.8, 4) is 5.75 Å². The second kappa shape index (κ2) is 7.00. The van der Waals surface area contributed by atoms with Crippen LogP contribution in [0.3, 0.4) is 0 Å². The van der Waals surface area contributed by atoms with Crippen molar-refractivity contribution in [2.24, 2.45) is 0 Å². The van der Waals surface area contributed by atoms with Gasteiger partial charge in [-0.05, 0) is 24.1 Å². The second-order valence-electron chi connectivity index (χ2n) is 5.36. The van der Waals surface area contributed by atoms with Gasteiger partial charge in [0.15, 0.2) is 11.3 Å². The predicted molar refractivity (Wildman–Crippen MR) is 91.1 cm³/mol. The molecule has 1 aromatic heterocycles. The summed E-state index contributed by atoms with van der Waals surface area (Å²) in [6, 6.07) is 17.0. The number of rotatable bonds is 5. The number of ether oxygens (including phenoxy) is 1. The number of methoxy groups -OCH3 is 1. The molecule has 0 saturated heterocycles. The van der Waals surface area contributed by atoms with Crippen molar-refractivity contribution in [3.63, 3.8) is 0 Å². The number of nitrogens with one attached hydrogen (secondary N) is 2. The number of amides is 1. The average Bonchev–Trinajstić information content (AvgIpc) is 2.61. The molecule has 2 aromatic carbocycles. The molecule has 5 nitrogen and oxygen atoms in total. The monoisotopic (exact) mass is 322 g/mol. The zero-order chi connectivity index (χ0) is 16.9. The zero-order valence-electron chi connectivity index (χ0n) is 13.3. The summed E-state index contributed by atoms with van der Waals surface area (Å²) in [5.74, 6) is 0.224. The summed E-state index contributed by atoms with van der Waals surface area (Å²) < 4.78 is 10.7. The summed E-state index contributed by atoms with van der Waals surface area (Å²) in [6.45, 7) is 0.498. The van der Waals surface area contributed by atoms with Gasteiger partial charge in [-0.25, -0.2) is 0 Å². The maximum Gasteiger partial charge on any atom is 0.256 e. The first-order valence-electron chi connectivity index (χ1n) is 7.66. The van der Waals surface area contributed by atoms with E-state index >= 15 is 0 Å². The van der Waals surface area contributed by atoms with Crippen LogP contribution in [0.15, 0.2) is 59.0 Å². The molecule has 24 heavy (non-hydrogen) atoms. The van der Waals surface area contributed by atoms with Crippen molar-refractivity contribution in [3.05, 3.63) is 71.3 Å². The van der Waals surface area contributed by atoms with Crippen LogP contribution in [0.1, 0.15) is 15.9 Å². The summed E-state index contributed by atoms with van der Waals surface area (Å²) in [5, 5.41) is 11.5. The molecule has 0 aliphatic carbocycles. The summed E-state index contributed by atoms with van der Waals surface area (Å²) in [7, 11) is 1.54. The third kappa shape index (κ3) is 3.30. The highest BCUT2D eigenvalue weighted by molar-refractivity contribution is 5.97. The van der Waals surface area contributed by atoms with Crippen LogP contribution in [0.2, 0.25) is 0 Å². The molecule has 1 heterocycles. The largest absolute Gasteiger partial charge is 0.493 e. The number of hydrogen-bond donors (Lipinski definition) is 2.